The van der Waals surface area contributed by atoms with Crippen molar-refractivity contribution in [1.82, 2.24) is 4.98 Å². The van der Waals surface area contributed by atoms with Gasteiger partial charge in [0.2, 0.25) is 5.91 Å². The number of hydrogen-bond acceptors (Lipinski definition) is 4. The number of carbonyl (C=O) groups is 2. The summed E-state index contributed by atoms with van der Waals surface area (Å²) in [5.74, 6) is -0.675. The first-order valence-electron chi connectivity index (χ1n) is 8.45. The van der Waals surface area contributed by atoms with Gasteiger partial charge in [-0.1, -0.05) is 6.07 Å². The van der Waals surface area contributed by atoms with Crippen LogP contribution in [0.1, 0.15) is 22.8 Å². The fraction of sp³-hybridized carbons (Fsp3) is 0.150. The highest BCUT2D eigenvalue weighted by atomic mass is 32.1. The van der Waals surface area contributed by atoms with Gasteiger partial charge < -0.3 is 4.90 Å². The van der Waals surface area contributed by atoms with Gasteiger partial charge in [0.25, 0.3) is 5.91 Å². The lowest BCUT2D eigenvalue weighted by atomic mass is 10.1. The lowest BCUT2D eigenvalue weighted by Gasteiger charge is -2.14. The van der Waals surface area contributed by atoms with Crippen molar-refractivity contribution in [2.75, 3.05) is 16.8 Å². The van der Waals surface area contributed by atoms with Gasteiger partial charge >= 0.3 is 0 Å². The number of thiazole rings is 1. The minimum atomic E-state index is -0.386. The van der Waals surface area contributed by atoms with Crippen molar-refractivity contribution >= 4 is 34.0 Å². The highest BCUT2D eigenvalue weighted by molar-refractivity contribution is 7.14. The SMILES string of the molecule is CC(=O)N1CCc2cc(-c3csc(NC(=O)c4ccc(F)cc4)n3)ccc21. The van der Waals surface area contributed by atoms with E-state index in [9.17, 15) is 14.0 Å². The fourth-order valence-electron chi connectivity index (χ4n) is 3.12. The molecule has 0 unspecified atom stereocenters. The summed E-state index contributed by atoms with van der Waals surface area (Å²) >= 11 is 1.33. The van der Waals surface area contributed by atoms with Crippen LogP contribution < -0.4 is 10.2 Å². The molecule has 1 aromatic heterocycles. The molecule has 1 aliphatic rings. The highest BCUT2D eigenvalue weighted by Gasteiger charge is 2.22. The number of carbonyl (C=O) groups excluding carboxylic acids is 2. The van der Waals surface area contributed by atoms with Crippen LogP contribution >= 0.6 is 11.3 Å². The van der Waals surface area contributed by atoms with Crippen LogP contribution in [0.25, 0.3) is 11.3 Å². The largest absolute Gasteiger partial charge is 0.312 e. The molecule has 7 heteroatoms. The number of amides is 2. The normalized spacial score (nSPS) is 12.7. The molecule has 136 valence electrons. The molecule has 0 spiro atoms. The Hall–Kier alpha value is -3.06. The molecule has 0 atom stereocenters. The summed E-state index contributed by atoms with van der Waals surface area (Å²) in [7, 11) is 0. The number of benzene rings is 2. The summed E-state index contributed by atoms with van der Waals surface area (Å²) in [4.78, 5) is 30.1. The Bertz CT molecular complexity index is 1030. The van der Waals surface area contributed by atoms with Gasteiger partial charge in [-0.25, -0.2) is 9.37 Å². The molecule has 27 heavy (non-hydrogen) atoms. The van der Waals surface area contributed by atoms with Crippen molar-refractivity contribution in [3.63, 3.8) is 0 Å². The third kappa shape index (κ3) is 3.46. The first kappa shape index (κ1) is 17.4. The van der Waals surface area contributed by atoms with Gasteiger partial charge in [-0.05, 0) is 48.4 Å². The minimum Gasteiger partial charge on any atom is -0.312 e. The molecule has 2 amide bonds. The van der Waals surface area contributed by atoms with Gasteiger partial charge in [-0.3, -0.25) is 14.9 Å². The molecular weight excluding hydrogens is 365 g/mol. The van der Waals surface area contributed by atoms with E-state index < -0.39 is 0 Å². The summed E-state index contributed by atoms with van der Waals surface area (Å²) in [6.07, 6.45) is 0.820. The Kier molecular flexibility index (Phi) is 4.45. The first-order valence-corrected chi connectivity index (χ1v) is 9.33. The Balaban J connectivity index is 1.52. The van der Waals surface area contributed by atoms with Crippen LogP contribution in [-0.4, -0.2) is 23.3 Å². The Morgan fingerprint density at radius 3 is 2.70 bits per heavy atom. The number of rotatable bonds is 3. The minimum absolute atomic E-state index is 0.0425. The molecule has 1 N–H and O–H groups in total. The lowest BCUT2D eigenvalue weighted by molar-refractivity contribution is -0.116. The average molecular weight is 381 g/mol. The molecule has 0 saturated carbocycles. The van der Waals surface area contributed by atoms with Gasteiger partial charge in [-0.2, -0.15) is 0 Å². The summed E-state index contributed by atoms with van der Waals surface area (Å²) in [6.45, 7) is 2.27. The molecule has 0 saturated heterocycles. The molecule has 3 aromatic rings. The zero-order valence-electron chi connectivity index (χ0n) is 14.5. The van der Waals surface area contributed by atoms with Crippen LogP contribution in [0.5, 0.6) is 0 Å². The van der Waals surface area contributed by atoms with Gasteiger partial charge in [0.15, 0.2) is 5.13 Å². The molecule has 0 radical (unpaired) electrons. The van der Waals surface area contributed by atoms with Crippen LogP contribution in [-0.2, 0) is 11.2 Å². The number of fused-ring (bicyclic) bond motifs is 1. The predicted octanol–water partition coefficient (Wildman–Crippen LogP) is 4.11. The predicted molar refractivity (Wildman–Crippen MR) is 104 cm³/mol. The first-order chi connectivity index (χ1) is 13.0. The van der Waals surface area contributed by atoms with E-state index in [1.165, 1.54) is 35.6 Å². The number of aromatic nitrogens is 1. The second-order valence-corrected chi connectivity index (χ2v) is 7.12. The maximum atomic E-state index is 13.0. The van der Waals surface area contributed by atoms with E-state index in [4.69, 9.17) is 0 Å². The third-order valence-corrected chi connectivity index (χ3v) is 5.24. The summed E-state index contributed by atoms with van der Waals surface area (Å²) < 4.78 is 13.0. The number of nitrogens with one attached hydrogen (secondary N) is 1. The zero-order chi connectivity index (χ0) is 19.0. The summed E-state index contributed by atoms with van der Waals surface area (Å²) in [6, 6.07) is 11.3. The quantitative estimate of drug-likeness (QED) is 0.743. The van der Waals surface area contributed by atoms with Crippen LogP contribution in [0, 0.1) is 5.82 Å². The van der Waals surface area contributed by atoms with Crippen molar-refractivity contribution in [2.24, 2.45) is 0 Å². The van der Waals surface area contributed by atoms with Crippen LogP contribution in [0.15, 0.2) is 47.8 Å². The smallest absolute Gasteiger partial charge is 0.257 e. The molecule has 4 rings (SSSR count). The van der Waals surface area contributed by atoms with E-state index in [0.717, 1.165) is 28.9 Å². The van der Waals surface area contributed by atoms with Crippen LogP contribution in [0.2, 0.25) is 0 Å². The summed E-state index contributed by atoms with van der Waals surface area (Å²) in [5, 5.41) is 5.09. The Morgan fingerprint density at radius 2 is 1.96 bits per heavy atom. The molecule has 0 fully saturated rings. The molecule has 0 bridgehead atoms. The van der Waals surface area contributed by atoms with E-state index in [0.29, 0.717) is 17.2 Å². The van der Waals surface area contributed by atoms with E-state index in [-0.39, 0.29) is 17.6 Å². The van der Waals surface area contributed by atoms with Crippen LogP contribution in [0.4, 0.5) is 15.2 Å². The van der Waals surface area contributed by atoms with Crippen molar-refractivity contribution in [1.29, 1.82) is 0 Å². The van der Waals surface area contributed by atoms with Gasteiger partial charge in [0.1, 0.15) is 5.82 Å². The zero-order valence-corrected chi connectivity index (χ0v) is 15.3. The third-order valence-electron chi connectivity index (χ3n) is 4.48. The van der Waals surface area contributed by atoms with Crippen molar-refractivity contribution in [3.05, 3.63) is 64.8 Å². The number of hydrogen-bond donors (Lipinski definition) is 1. The Labute approximate surface area is 159 Å². The molecule has 5 nitrogen and oxygen atoms in total. The van der Waals surface area contributed by atoms with Gasteiger partial charge in [0.05, 0.1) is 5.69 Å². The molecule has 2 heterocycles. The standard InChI is InChI=1S/C20H16FN3O2S/c1-12(25)24-9-8-15-10-14(4-7-18(15)24)17-11-27-20(22-17)23-19(26)13-2-5-16(21)6-3-13/h2-7,10-11H,8-9H2,1H3,(H,22,23,26). The maximum Gasteiger partial charge on any atom is 0.257 e. The molecule has 2 aromatic carbocycles. The molecular formula is C20H16FN3O2S. The van der Waals surface area contributed by atoms with E-state index in [2.05, 4.69) is 10.3 Å². The second kappa shape index (κ2) is 6.92. The lowest BCUT2D eigenvalue weighted by Crippen LogP contribution is -2.25. The van der Waals surface area contributed by atoms with Crippen molar-refractivity contribution < 1.29 is 14.0 Å². The highest BCUT2D eigenvalue weighted by Crippen LogP contribution is 2.33. The average Bonchev–Trinajstić information content (AvgIpc) is 3.28. The van der Waals surface area contributed by atoms with E-state index in [1.54, 1.807) is 11.8 Å². The molecule has 1 aliphatic heterocycles. The number of nitrogens with zero attached hydrogens (tertiary/aromatic N) is 2. The molecule has 0 aliphatic carbocycles. The monoisotopic (exact) mass is 381 g/mol. The number of halogens is 1. The second-order valence-electron chi connectivity index (χ2n) is 6.26. The van der Waals surface area contributed by atoms with Crippen molar-refractivity contribution in [2.45, 2.75) is 13.3 Å². The van der Waals surface area contributed by atoms with Crippen molar-refractivity contribution in [3.8, 4) is 11.3 Å². The van der Waals surface area contributed by atoms with Gasteiger partial charge in [0, 0.05) is 35.7 Å². The topological polar surface area (TPSA) is 62.3 Å². The Morgan fingerprint density at radius 1 is 1.19 bits per heavy atom. The van der Waals surface area contributed by atoms with Crippen LogP contribution in [0.3, 0.4) is 0 Å². The maximum absolute atomic E-state index is 13.0. The van der Waals surface area contributed by atoms with Gasteiger partial charge in [-0.15, -0.1) is 11.3 Å². The fourth-order valence-corrected chi connectivity index (χ4v) is 3.84. The number of anilines is 2. The summed E-state index contributed by atoms with van der Waals surface area (Å²) in [5.41, 5.74) is 4.14. The van der Waals surface area contributed by atoms with E-state index in [1.807, 2.05) is 23.6 Å². The van der Waals surface area contributed by atoms with E-state index >= 15 is 0 Å².